The second kappa shape index (κ2) is 10.7. The van der Waals surface area contributed by atoms with Gasteiger partial charge in [0.2, 0.25) is 0 Å². The minimum absolute atomic E-state index is 0.185. The van der Waals surface area contributed by atoms with Gasteiger partial charge in [0.05, 0.1) is 22.9 Å². The molecule has 0 bridgehead atoms. The summed E-state index contributed by atoms with van der Waals surface area (Å²) in [7, 11) is 0. The smallest absolute Gasteiger partial charge is 0.341 e. The van der Waals surface area contributed by atoms with Gasteiger partial charge in [-0.2, -0.15) is 0 Å². The molecule has 3 aromatic rings. The van der Waals surface area contributed by atoms with Crippen molar-refractivity contribution in [2.45, 2.75) is 6.92 Å². The van der Waals surface area contributed by atoms with Gasteiger partial charge in [0, 0.05) is 0 Å². The number of rotatable bonds is 8. The van der Waals surface area contributed by atoms with Crippen molar-refractivity contribution in [1.82, 2.24) is 0 Å². The molecule has 0 unspecified atom stereocenters. The van der Waals surface area contributed by atoms with Gasteiger partial charge in [-0.1, -0.05) is 42.5 Å². The van der Waals surface area contributed by atoms with E-state index < -0.39 is 12.6 Å². The van der Waals surface area contributed by atoms with Crippen LogP contribution in [0.5, 0.6) is 11.5 Å². The van der Waals surface area contributed by atoms with Gasteiger partial charge >= 0.3 is 5.97 Å². The molecule has 1 N–H and O–H groups in total. The summed E-state index contributed by atoms with van der Waals surface area (Å²) in [6, 6.07) is 24.0. The molecule has 0 saturated carbocycles. The third kappa shape index (κ3) is 5.47. The molecular weight excluding hydrogens is 452 g/mol. The lowest BCUT2D eigenvalue weighted by molar-refractivity contribution is -0.139. The third-order valence-corrected chi connectivity index (χ3v) is 5.69. The van der Waals surface area contributed by atoms with Gasteiger partial charge < -0.3 is 14.6 Å². The van der Waals surface area contributed by atoms with Gasteiger partial charge in [-0.3, -0.25) is 9.69 Å². The number of para-hydroxylation sites is 2. The fraction of sp³-hybridized carbons (Fsp3) is 0.115. The van der Waals surface area contributed by atoms with Gasteiger partial charge in [0.1, 0.15) is 0 Å². The number of carbonyl (C=O) groups is 2. The molecule has 0 aromatic heterocycles. The number of benzene rings is 3. The minimum Gasteiger partial charge on any atom is -0.490 e. The Morgan fingerprint density at radius 2 is 1.71 bits per heavy atom. The average Bonchev–Trinajstić information content (AvgIpc) is 3.14. The quantitative estimate of drug-likeness (QED) is 0.443. The van der Waals surface area contributed by atoms with Crippen LogP contribution in [0.15, 0.2) is 88.8 Å². The molecule has 1 heterocycles. The van der Waals surface area contributed by atoms with Crippen molar-refractivity contribution in [1.29, 1.82) is 0 Å². The summed E-state index contributed by atoms with van der Waals surface area (Å²) < 4.78 is 10.9. The van der Waals surface area contributed by atoms with E-state index in [0.29, 0.717) is 28.2 Å². The third-order valence-electron chi connectivity index (χ3n) is 4.72. The highest BCUT2D eigenvalue weighted by Crippen LogP contribution is 2.38. The van der Waals surface area contributed by atoms with Crippen LogP contribution in [0.3, 0.4) is 0 Å². The molecule has 1 saturated heterocycles. The van der Waals surface area contributed by atoms with Crippen LogP contribution in [0, 0.1) is 0 Å². The van der Waals surface area contributed by atoms with E-state index in [-0.39, 0.29) is 5.91 Å². The highest BCUT2D eigenvalue weighted by molar-refractivity contribution is 8.19. The van der Waals surface area contributed by atoms with Gasteiger partial charge in [0.25, 0.3) is 5.91 Å². The number of hydrogen-bond acceptors (Lipinski definition) is 6. The number of anilines is 1. The van der Waals surface area contributed by atoms with Gasteiger partial charge in [-0.05, 0) is 66.7 Å². The molecule has 4 rings (SSSR count). The Morgan fingerprint density at radius 1 is 1.00 bits per heavy atom. The number of carboxylic acids is 1. The van der Waals surface area contributed by atoms with E-state index in [1.807, 2.05) is 67.6 Å². The SMILES string of the molecule is CCOc1cc(/C=C2\SC(=Nc3ccccc3)N(c3ccccc3)C2=O)ccc1OCC(=O)O. The fourth-order valence-electron chi connectivity index (χ4n) is 3.26. The van der Waals surface area contributed by atoms with Crippen molar-refractivity contribution < 1.29 is 24.2 Å². The standard InChI is InChI=1S/C26H22N2O5S/c1-2-32-22-15-18(13-14-21(22)33-17-24(29)30)16-23-25(31)28(20-11-7-4-8-12-20)26(34-23)27-19-9-5-3-6-10-19/h3-16H,2,17H2,1H3,(H,29,30)/b23-16-,27-26?. The Labute approximate surface area is 201 Å². The van der Waals surface area contributed by atoms with Crippen LogP contribution >= 0.6 is 11.8 Å². The average molecular weight is 475 g/mol. The van der Waals surface area contributed by atoms with Crippen LogP contribution in [0.4, 0.5) is 11.4 Å². The van der Waals surface area contributed by atoms with Gasteiger partial charge in [-0.15, -0.1) is 0 Å². The topological polar surface area (TPSA) is 88.4 Å². The van der Waals surface area contributed by atoms with Crippen LogP contribution in [0.2, 0.25) is 0 Å². The molecule has 1 fully saturated rings. The molecule has 172 valence electrons. The van der Waals surface area contributed by atoms with E-state index in [1.54, 1.807) is 29.2 Å². The zero-order chi connectivity index (χ0) is 23.9. The summed E-state index contributed by atoms with van der Waals surface area (Å²) in [6.45, 7) is 1.74. The zero-order valence-electron chi connectivity index (χ0n) is 18.4. The lowest BCUT2D eigenvalue weighted by Gasteiger charge is -2.15. The fourth-order valence-corrected chi connectivity index (χ4v) is 4.26. The lowest BCUT2D eigenvalue weighted by atomic mass is 10.1. The molecule has 1 aliphatic rings. The van der Waals surface area contributed by atoms with E-state index in [2.05, 4.69) is 0 Å². The van der Waals surface area contributed by atoms with E-state index in [9.17, 15) is 9.59 Å². The highest BCUT2D eigenvalue weighted by atomic mass is 32.2. The molecule has 0 spiro atoms. The summed E-state index contributed by atoms with van der Waals surface area (Å²) in [4.78, 5) is 31.1. The van der Waals surface area contributed by atoms with E-state index in [4.69, 9.17) is 19.6 Å². The number of carboxylic acid groups (broad SMARTS) is 1. The molecule has 0 atom stereocenters. The molecule has 0 aliphatic carbocycles. The molecule has 0 radical (unpaired) electrons. The van der Waals surface area contributed by atoms with Crippen molar-refractivity contribution >= 4 is 46.3 Å². The number of thioether (sulfide) groups is 1. The van der Waals surface area contributed by atoms with Crippen LogP contribution < -0.4 is 14.4 Å². The van der Waals surface area contributed by atoms with Crippen molar-refractivity contribution in [3.8, 4) is 11.5 Å². The maximum Gasteiger partial charge on any atom is 0.341 e. The molecule has 7 nitrogen and oxygen atoms in total. The maximum atomic E-state index is 13.4. The number of amides is 1. The van der Waals surface area contributed by atoms with Crippen molar-refractivity contribution in [2.75, 3.05) is 18.1 Å². The predicted molar refractivity (Wildman–Crippen MR) is 134 cm³/mol. The molecule has 1 amide bonds. The Bertz CT molecular complexity index is 1240. The first-order valence-electron chi connectivity index (χ1n) is 10.6. The summed E-state index contributed by atoms with van der Waals surface area (Å²) >= 11 is 1.29. The molecular formula is C26H22N2O5S. The molecule has 3 aromatic carbocycles. The van der Waals surface area contributed by atoms with Crippen molar-refractivity contribution in [3.63, 3.8) is 0 Å². The summed E-state index contributed by atoms with van der Waals surface area (Å²) in [5.74, 6) is -0.524. The number of carbonyl (C=O) groups excluding carboxylic acids is 1. The van der Waals surface area contributed by atoms with Gasteiger partial charge in [0.15, 0.2) is 23.3 Å². The predicted octanol–water partition coefficient (Wildman–Crippen LogP) is 5.36. The van der Waals surface area contributed by atoms with E-state index in [0.717, 1.165) is 16.9 Å². The van der Waals surface area contributed by atoms with Crippen molar-refractivity contribution in [3.05, 3.63) is 89.3 Å². The van der Waals surface area contributed by atoms with Crippen LogP contribution in [-0.4, -0.2) is 35.4 Å². The number of nitrogens with zero attached hydrogens (tertiary/aromatic N) is 2. The second-order valence-corrected chi connectivity index (χ2v) is 8.15. The monoisotopic (exact) mass is 474 g/mol. The number of hydrogen-bond donors (Lipinski definition) is 1. The van der Waals surface area contributed by atoms with Gasteiger partial charge in [-0.25, -0.2) is 9.79 Å². The number of ether oxygens (including phenoxy) is 2. The summed E-state index contributed by atoms with van der Waals surface area (Å²) in [5, 5.41) is 9.44. The first kappa shape index (κ1) is 23.1. The molecule has 1 aliphatic heterocycles. The molecule has 34 heavy (non-hydrogen) atoms. The van der Waals surface area contributed by atoms with E-state index in [1.165, 1.54) is 11.8 Å². The number of amidine groups is 1. The Hall–Kier alpha value is -4.04. The maximum absolute atomic E-state index is 13.4. The number of aliphatic carboxylic acids is 1. The zero-order valence-corrected chi connectivity index (χ0v) is 19.2. The largest absolute Gasteiger partial charge is 0.490 e. The highest BCUT2D eigenvalue weighted by Gasteiger charge is 2.34. The summed E-state index contributed by atoms with van der Waals surface area (Å²) in [6.07, 6.45) is 1.76. The summed E-state index contributed by atoms with van der Waals surface area (Å²) in [5.41, 5.74) is 2.19. The van der Waals surface area contributed by atoms with Crippen molar-refractivity contribution in [2.24, 2.45) is 4.99 Å². The van der Waals surface area contributed by atoms with Crippen LogP contribution in [0.25, 0.3) is 6.08 Å². The van der Waals surface area contributed by atoms with Crippen LogP contribution in [-0.2, 0) is 9.59 Å². The van der Waals surface area contributed by atoms with E-state index >= 15 is 0 Å². The second-order valence-electron chi connectivity index (χ2n) is 7.14. The Balaban J connectivity index is 1.69. The number of aliphatic imine (C=N–C) groups is 1. The normalized spacial score (nSPS) is 15.7. The lowest BCUT2D eigenvalue weighted by Crippen LogP contribution is -2.28. The minimum atomic E-state index is -1.08. The first-order chi connectivity index (χ1) is 16.5. The first-order valence-corrected chi connectivity index (χ1v) is 11.4. The Kier molecular flexibility index (Phi) is 7.29. The van der Waals surface area contributed by atoms with Crippen LogP contribution in [0.1, 0.15) is 12.5 Å². The Morgan fingerprint density at radius 3 is 2.38 bits per heavy atom. The molecule has 8 heteroatoms.